The van der Waals surface area contributed by atoms with E-state index in [2.05, 4.69) is 4.98 Å². The number of fused-ring (bicyclic) bond motifs is 1. The van der Waals surface area contributed by atoms with Gasteiger partial charge >= 0.3 is 0 Å². The highest BCUT2D eigenvalue weighted by Crippen LogP contribution is 2.29. The first-order valence-electron chi connectivity index (χ1n) is 5.10. The number of aliphatic hydroxyl groups excluding tert-OH is 2. The van der Waals surface area contributed by atoms with Crippen molar-refractivity contribution in [2.75, 3.05) is 6.61 Å². The Balaban J connectivity index is 2.53. The number of aryl methyl sites for hydroxylation is 1. The van der Waals surface area contributed by atoms with Crippen LogP contribution in [0.1, 0.15) is 23.8 Å². The van der Waals surface area contributed by atoms with E-state index in [0.29, 0.717) is 6.42 Å². The average Bonchev–Trinajstić information content (AvgIpc) is 2.54. The molecule has 0 aliphatic heterocycles. The predicted molar refractivity (Wildman–Crippen MR) is 59.7 cm³/mol. The first-order chi connectivity index (χ1) is 7.24. The Hall–Kier alpha value is -1.32. The molecule has 0 aliphatic carbocycles. The Labute approximate surface area is 88.4 Å². The van der Waals surface area contributed by atoms with E-state index in [4.69, 9.17) is 5.11 Å². The molecule has 0 spiro atoms. The van der Waals surface area contributed by atoms with Gasteiger partial charge in [-0.2, -0.15) is 0 Å². The highest BCUT2D eigenvalue weighted by atomic mass is 16.3. The van der Waals surface area contributed by atoms with Crippen LogP contribution in [0.4, 0.5) is 0 Å². The van der Waals surface area contributed by atoms with Gasteiger partial charge in [0.2, 0.25) is 0 Å². The molecule has 1 aromatic heterocycles. The zero-order valence-electron chi connectivity index (χ0n) is 8.70. The van der Waals surface area contributed by atoms with Crippen LogP contribution in [0.25, 0.3) is 10.9 Å². The molecule has 3 heteroatoms. The SMILES string of the molecule is Cc1[nH]c2ccccc2c1C(O)CCO. The van der Waals surface area contributed by atoms with E-state index >= 15 is 0 Å². The van der Waals surface area contributed by atoms with Crippen molar-refractivity contribution in [3.63, 3.8) is 0 Å². The Bertz CT molecular complexity index is 462. The molecule has 0 bridgehead atoms. The van der Waals surface area contributed by atoms with Gasteiger partial charge in [0.1, 0.15) is 0 Å². The maximum absolute atomic E-state index is 9.91. The normalized spacial score (nSPS) is 13.3. The number of aromatic amines is 1. The Kier molecular flexibility index (Phi) is 2.75. The molecule has 0 radical (unpaired) electrons. The summed E-state index contributed by atoms with van der Waals surface area (Å²) in [5.74, 6) is 0. The van der Waals surface area contributed by atoms with E-state index in [0.717, 1.165) is 22.2 Å². The third-order valence-electron chi connectivity index (χ3n) is 2.68. The number of para-hydroxylation sites is 1. The molecule has 0 fully saturated rings. The minimum Gasteiger partial charge on any atom is -0.396 e. The number of H-pyrrole nitrogens is 1. The highest BCUT2D eigenvalue weighted by Gasteiger charge is 2.15. The molecule has 1 aromatic carbocycles. The summed E-state index contributed by atoms with van der Waals surface area (Å²) in [4.78, 5) is 3.22. The van der Waals surface area contributed by atoms with Crippen LogP contribution in [0.3, 0.4) is 0 Å². The fourth-order valence-electron chi connectivity index (χ4n) is 1.99. The number of hydrogen-bond donors (Lipinski definition) is 3. The van der Waals surface area contributed by atoms with E-state index in [1.54, 1.807) is 0 Å². The van der Waals surface area contributed by atoms with Crippen molar-refractivity contribution < 1.29 is 10.2 Å². The molecule has 0 aliphatic rings. The van der Waals surface area contributed by atoms with E-state index in [-0.39, 0.29) is 6.61 Å². The molecule has 0 saturated carbocycles. The molecule has 15 heavy (non-hydrogen) atoms. The van der Waals surface area contributed by atoms with Crippen molar-refractivity contribution in [2.45, 2.75) is 19.4 Å². The Morgan fingerprint density at radius 3 is 2.80 bits per heavy atom. The summed E-state index contributed by atoms with van der Waals surface area (Å²) < 4.78 is 0. The van der Waals surface area contributed by atoms with E-state index in [9.17, 15) is 5.11 Å². The zero-order chi connectivity index (χ0) is 10.8. The van der Waals surface area contributed by atoms with E-state index < -0.39 is 6.10 Å². The number of benzene rings is 1. The third-order valence-corrected chi connectivity index (χ3v) is 2.68. The van der Waals surface area contributed by atoms with Crippen LogP contribution in [0.15, 0.2) is 24.3 Å². The second-order valence-electron chi connectivity index (χ2n) is 3.74. The third kappa shape index (κ3) is 1.76. The smallest absolute Gasteiger partial charge is 0.0835 e. The van der Waals surface area contributed by atoms with Gasteiger partial charge in [-0.25, -0.2) is 0 Å². The number of aromatic nitrogens is 1. The van der Waals surface area contributed by atoms with Crippen molar-refractivity contribution >= 4 is 10.9 Å². The van der Waals surface area contributed by atoms with Crippen LogP contribution < -0.4 is 0 Å². The summed E-state index contributed by atoms with van der Waals surface area (Å²) >= 11 is 0. The van der Waals surface area contributed by atoms with Crippen molar-refractivity contribution in [1.82, 2.24) is 4.98 Å². The van der Waals surface area contributed by atoms with Crippen LogP contribution in [0.5, 0.6) is 0 Å². The van der Waals surface area contributed by atoms with Gasteiger partial charge in [0.05, 0.1) is 6.10 Å². The number of aliphatic hydroxyl groups is 2. The Morgan fingerprint density at radius 1 is 1.33 bits per heavy atom. The summed E-state index contributed by atoms with van der Waals surface area (Å²) in [5.41, 5.74) is 2.90. The molecular weight excluding hydrogens is 190 g/mol. The fourth-order valence-corrected chi connectivity index (χ4v) is 1.99. The molecule has 3 nitrogen and oxygen atoms in total. The minimum atomic E-state index is -0.592. The molecular formula is C12H15NO2. The first kappa shape index (κ1) is 10.2. The van der Waals surface area contributed by atoms with E-state index in [1.165, 1.54) is 0 Å². The summed E-state index contributed by atoms with van der Waals surface area (Å²) in [6.45, 7) is 1.94. The Morgan fingerprint density at radius 2 is 2.07 bits per heavy atom. The second-order valence-corrected chi connectivity index (χ2v) is 3.74. The van der Waals surface area contributed by atoms with Crippen LogP contribution in [0.2, 0.25) is 0 Å². The van der Waals surface area contributed by atoms with Crippen LogP contribution in [0, 0.1) is 6.92 Å². The highest BCUT2D eigenvalue weighted by molar-refractivity contribution is 5.84. The molecule has 1 heterocycles. The monoisotopic (exact) mass is 205 g/mol. The van der Waals surface area contributed by atoms with Crippen molar-refractivity contribution in [3.8, 4) is 0 Å². The second kappa shape index (κ2) is 4.04. The van der Waals surface area contributed by atoms with Gasteiger partial charge in [0.15, 0.2) is 0 Å². The summed E-state index contributed by atoms with van der Waals surface area (Å²) in [6.07, 6.45) is -0.214. The summed E-state index contributed by atoms with van der Waals surface area (Å²) in [7, 11) is 0. The van der Waals surface area contributed by atoms with Crippen molar-refractivity contribution in [2.24, 2.45) is 0 Å². The minimum absolute atomic E-state index is 0.000113. The first-order valence-corrected chi connectivity index (χ1v) is 5.10. The summed E-state index contributed by atoms with van der Waals surface area (Å²) in [6, 6.07) is 7.87. The lowest BCUT2D eigenvalue weighted by Gasteiger charge is -2.09. The molecule has 1 unspecified atom stereocenters. The largest absolute Gasteiger partial charge is 0.396 e. The van der Waals surface area contributed by atoms with Gasteiger partial charge in [0.25, 0.3) is 0 Å². The van der Waals surface area contributed by atoms with Crippen LogP contribution in [-0.4, -0.2) is 21.8 Å². The average molecular weight is 205 g/mol. The van der Waals surface area contributed by atoms with Gasteiger partial charge in [-0.3, -0.25) is 0 Å². The molecule has 0 amide bonds. The quantitative estimate of drug-likeness (QED) is 0.716. The van der Waals surface area contributed by atoms with Crippen LogP contribution in [-0.2, 0) is 0 Å². The van der Waals surface area contributed by atoms with Crippen LogP contribution >= 0.6 is 0 Å². The lowest BCUT2D eigenvalue weighted by Crippen LogP contribution is -2.01. The topological polar surface area (TPSA) is 56.2 Å². The van der Waals surface area contributed by atoms with Gasteiger partial charge in [-0.15, -0.1) is 0 Å². The maximum Gasteiger partial charge on any atom is 0.0835 e. The van der Waals surface area contributed by atoms with Gasteiger partial charge in [-0.1, -0.05) is 18.2 Å². The van der Waals surface area contributed by atoms with E-state index in [1.807, 2.05) is 31.2 Å². The number of nitrogens with one attached hydrogen (secondary N) is 1. The molecule has 2 aromatic rings. The lowest BCUT2D eigenvalue weighted by atomic mass is 10.0. The van der Waals surface area contributed by atoms with Crippen molar-refractivity contribution in [3.05, 3.63) is 35.5 Å². The molecule has 0 saturated heterocycles. The van der Waals surface area contributed by atoms with Gasteiger partial charge in [0, 0.05) is 35.2 Å². The molecule has 2 rings (SSSR count). The number of hydrogen-bond acceptors (Lipinski definition) is 2. The maximum atomic E-state index is 9.91. The molecule has 3 N–H and O–H groups in total. The van der Waals surface area contributed by atoms with Gasteiger partial charge < -0.3 is 15.2 Å². The van der Waals surface area contributed by atoms with Gasteiger partial charge in [-0.05, 0) is 13.0 Å². The zero-order valence-corrected chi connectivity index (χ0v) is 8.70. The standard InChI is InChI=1S/C12H15NO2/c1-8-12(11(15)6-7-14)9-4-2-3-5-10(9)13-8/h2-5,11,13-15H,6-7H2,1H3. The predicted octanol–water partition coefficient (Wildman–Crippen LogP) is 1.89. The fraction of sp³-hybridized carbons (Fsp3) is 0.333. The lowest BCUT2D eigenvalue weighted by molar-refractivity contribution is 0.135. The number of rotatable bonds is 3. The molecule has 80 valence electrons. The molecule has 1 atom stereocenters. The summed E-state index contributed by atoms with van der Waals surface area (Å²) in [5, 5.41) is 19.8. The van der Waals surface area contributed by atoms with Crippen molar-refractivity contribution in [1.29, 1.82) is 0 Å².